The second-order valence-corrected chi connectivity index (χ2v) is 7.84. The van der Waals surface area contributed by atoms with Gasteiger partial charge in [-0.3, -0.25) is 9.59 Å². The molecule has 144 valence electrons. The van der Waals surface area contributed by atoms with Crippen molar-refractivity contribution in [3.05, 3.63) is 70.1 Å². The molecule has 0 saturated heterocycles. The number of hydrogen-bond donors (Lipinski definition) is 2. The summed E-state index contributed by atoms with van der Waals surface area (Å²) in [6, 6.07) is 16.3. The minimum absolute atomic E-state index is 0.303. The van der Waals surface area contributed by atoms with Gasteiger partial charge in [-0.2, -0.15) is 0 Å². The summed E-state index contributed by atoms with van der Waals surface area (Å²) in [6.07, 6.45) is -0.790. The van der Waals surface area contributed by atoms with Gasteiger partial charge >= 0.3 is 0 Å². The highest BCUT2D eigenvalue weighted by Gasteiger charge is 2.24. The molecule has 1 aromatic heterocycles. The first-order valence-electron chi connectivity index (χ1n) is 8.58. The van der Waals surface area contributed by atoms with E-state index in [2.05, 4.69) is 5.32 Å². The van der Waals surface area contributed by atoms with Crippen LogP contribution in [0.1, 0.15) is 22.2 Å². The summed E-state index contributed by atoms with van der Waals surface area (Å²) in [5.74, 6) is -0.497. The molecule has 28 heavy (non-hydrogen) atoms. The first-order chi connectivity index (χ1) is 13.4. The Kier molecular flexibility index (Phi) is 6.02. The van der Waals surface area contributed by atoms with E-state index in [1.807, 2.05) is 37.3 Å². The minimum atomic E-state index is -0.790. The van der Waals surface area contributed by atoms with Crippen molar-refractivity contribution in [1.82, 2.24) is 0 Å². The molecule has 3 aromatic rings. The van der Waals surface area contributed by atoms with Crippen LogP contribution >= 0.6 is 22.9 Å². The summed E-state index contributed by atoms with van der Waals surface area (Å²) in [5.41, 5.74) is 7.53. The Balaban J connectivity index is 1.85. The topological polar surface area (TPSA) is 81.4 Å². The number of amides is 2. The Morgan fingerprint density at radius 1 is 1.14 bits per heavy atom. The van der Waals surface area contributed by atoms with E-state index in [0.717, 1.165) is 16.0 Å². The molecule has 7 heteroatoms. The molecule has 2 aromatic carbocycles. The SMILES string of the molecule is Cc1sc(NC(=O)[C@@H](C)Oc2cccc(Cl)c2)c(C(N)=O)c1-c1ccccc1. The largest absolute Gasteiger partial charge is 0.481 e. The third-order valence-corrected chi connectivity index (χ3v) is 5.36. The maximum absolute atomic E-state index is 12.6. The van der Waals surface area contributed by atoms with Crippen molar-refractivity contribution < 1.29 is 14.3 Å². The van der Waals surface area contributed by atoms with Crippen molar-refractivity contribution in [1.29, 1.82) is 0 Å². The summed E-state index contributed by atoms with van der Waals surface area (Å²) < 4.78 is 5.64. The Bertz CT molecular complexity index is 1020. The van der Waals surface area contributed by atoms with Gasteiger partial charge in [-0.05, 0) is 37.6 Å². The standard InChI is InChI=1S/C21H19ClN2O3S/c1-12(27-16-10-6-9-15(22)11-16)20(26)24-21-18(19(23)25)17(13(2)28-21)14-7-4-3-5-8-14/h3-12H,1-2H3,(H2,23,25)(H,24,26)/t12-/m1/s1. The third-order valence-electron chi connectivity index (χ3n) is 4.11. The van der Waals surface area contributed by atoms with E-state index < -0.39 is 12.0 Å². The third kappa shape index (κ3) is 4.35. The number of halogens is 1. The fourth-order valence-corrected chi connectivity index (χ4v) is 4.10. The number of nitrogens with one attached hydrogen (secondary N) is 1. The maximum atomic E-state index is 12.6. The molecule has 1 heterocycles. The van der Waals surface area contributed by atoms with Crippen LogP contribution in [0.3, 0.4) is 0 Å². The van der Waals surface area contributed by atoms with Crippen molar-refractivity contribution in [2.24, 2.45) is 5.73 Å². The number of rotatable bonds is 6. The van der Waals surface area contributed by atoms with Gasteiger partial charge in [0.1, 0.15) is 10.8 Å². The Hall–Kier alpha value is -2.83. The van der Waals surface area contributed by atoms with Crippen LogP contribution in [0, 0.1) is 6.92 Å². The number of primary amides is 1. The average molecular weight is 415 g/mol. The Labute approximate surface area is 172 Å². The van der Waals surface area contributed by atoms with Gasteiger partial charge in [0.15, 0.2) is 6.10 Å². The molecule has 0 aliphatic heterocycles. The molecule has 0 fully saturated rings. The summed E-state index contributed by atoms with van der Waals surface area (Å²) in [6.45, 7) is 3.51. The van der Waals surface area contributed by atoms with Gasteiger partial charge in [0, 0.05) is 15.5 Å². The number of carbonyl (C=O) groups excluding carboxylic acids is 2. The monoisotopic (exact) mass is 414 g/mol. The highest BCUT2D eigenvalue weighted by atomic mass is 35.5. The fraction of sp³-hybridized carbons (Fsp3) is 0.143. The molecule has 0 spiro atoms. The number of aryl methyl sites for hydroxylation is 1. The van der Waals surface area contributed by atoms with E-state index in [4.69, 9.17) is 22.1 Å². The van der Waals surface area contributed by atoms with Gasteiger partial charge in [0.25, 0.3) is 11.8 Å². The molecule has 0 saturated carbocycles. The predicted molar refractivity (Wildman–Crippen MR) is 113 cm³/mol. The first-order valence-corrected chi connectivity index (χ1v) is 9.78. The summed E-state index contributed by atoms with van der Waals surface area (Å²) in [7, 11) is 0. The highest BCUT2D eigenvalue weighted by Crippen LogP contribution is 2.39. The van der Waals surface area contributed by atoms with Crippen LogP contribution < -0.4 is 15.8 Å². The van der Waals surface area contributed by atoms with Crippen LogP contribution in [0.4, 0.5) is 5.00 Å². The van der Waals surface area contributed by atoms with E-state index in [-0.39, 0.29) is 5.91 Å². The van der Waals surface area contributed by atoms with Gasteiger partial charge in [0.2, 0.25) is 0 Å². The molecular weight excluding hydrogens is 396 g/mol. The number of carbonyl (C=O) groups is 2. The van der Waals surface area contributed by atoms with Crippen molar-refractivity contribution in [2.45, 2.75) is 20.0 Å². The molecule has 5 nitrogen and oxygen atoms in total. The number of thiophene rings is 1. The summed E-state index contributed by atoms with van der Waals surface area (Å²) in [5, 5.41) is 3.71. The van der Waals surface area contributed by atoms with Gasteiger partial charge in [-0.15, -0.1) is 11.3 Å². The van der Waals surface area contributed by atoms with Crippen molar-refractivity contribution >= 4 is 39.8 Å². The van der Waals surface area contributed by atoms with Gasteiger partial charge in [-0.25, -0.2) is 0 Å². The molecule has 2 amide bonds. The first kappa shape index (κ1) is 19.9. The molecule has 0 bridgehead atoms. The molecule has 3 rings (SSSR count). The summed E-state index contributed by atoms with van der Waals surface area (Å²) in [4.78, 5) is 25.6. The van der Waals surface area contributed by atoms with E-state index in [1.165, 1.54) is 11.3 Å². The van der Waals surface area contributed by atoms with Crippen LogP contribution in [0.25, 0.3) is 11.1 Å². The van der Waals surface area contributed by atoms with E-state index in [9.17, 15) is 9.59 Å². The van der Waals surface area contributed by atoms with Crippen LogP contribution in [0.15, 0.2) is 54.6 Å². The molecule has 0 radical (unpaired) electrons. The Morgan fingerprint density at radius 3 is 2.50 bits per heavy atom. The van der Waals surface area contributed by atoms with Crippen LogP contribution in [-0.4, -0.2) is 17.9 Å². The van der Waals surface area contributed by atoms with Gasteiger partial charge < -0.3 is 15.8 Å². The summed E-state index contributed by atoms with van der Waals surface area (Å²) >= 11 is 7.25. The zero-order valence-corrected chi connectivity index (χ0v) is 16.9. The number of nitrogens with two attached hydrogens (primary N) is 1. The van der Waals surface area contributed by atoms with Crippen molar-refractivity contribution in [2.75, 3.05) is 5.32 Å². The number of ether oxygens (including phenoxy) is 1. The molecular formula is C21H19ClN2O3S. The lowest BCUT2D eigenvalue weighted by molar-refractivity contribution is -0.122. The zero-order valence-electron chi connectivity index (χ0n) is 15.4. The lowest BCUT2D eigenvalue weighted by atomic mass is 10.0. The maximum Gasteiger partial charge on any atom is 0.265 e. The predicted octanol–water partition coefficient (Wildman–Crippen LogP) is 4.88. The van der Waals surface area contributed by atoms with Crippen LogP contribution in [0.2, 0.25) is 5.02 Å². The molecule has 0 unspecified atom stereocenters. The zero-order chi connectivity index (χ0) is 20.3. The lowest BCUT2D eigenvalue weighted by Gasteiger charge is -2.15. The second-order valence-electron chi connectivity index (χ2n) is 6.17. The quantitative estimate of drug-likeness (QED) is 0.603. The number of hydrogen-bond acceptors (Lipinski definition) is 4. The van der Waals surface area contributed by atoms with E-state index in [1.54, 1.807) is 31.2 Å². The Morgan fingerprint density at radius 2 is 1.86 bits per heavy atom. The molecule has 3 N–H and O–H groups in total. The average Bonchev–Trinajstić information content (AvgIpc) is 2.98. The normalized spacial score (nSPS) is 11.7. The fourth-order valence-electron chi connectivity index (χ4n) is 2.83. The molecule has 0 aliphatic rings. The van der Waals surface area contributed by atoms with Gasteiger partial charge in [0.05, 0.1) is 5.56 Å². The molecule has 1 atom stereocenters. The van der Waals surface area contributed by atoms with Gasteiger partial charge in [-0.1, -0.05) is 48.0 Å². The highest BCUT2D eigenvalue weighted by molar-refractivity contribution is 7.17. The lowest BCUT2D eigenvalue weighted by Crippen LogP contribution is -2.30. The minimum Gasteiger partial charge on any atom is -0.481 e. The smallest absolute Gasteiger partial charge is 0.265 e. The number of anilines is 1. The second kappa shape index (κ2) is 8.46. The van der Waals surface area contributed by atoms with E-state index >= 15 is 0 Å². The molecule has 0 aliphatic carbocycles. The van der Waals surface area contributed by atoms with Crippen LogP contribution in [-0.2, 0) is 4.79 Å². The van der Waals surface area contributed by atoms with E-state index in [0.29, 0.717) is 21.3 Å². The van der Waals surface area contributed by atoms with Crippen LogP contribution in [0.5, 0.6) is 5.75 Å². The van der Waals surface area contributed by atoms with Crippen molar-refractivity contribution in [3.8, 4) is 16.9 Å². The van der Waals surface area contributed by atoms with Crippen molar-refractivity contribution in [3.63, 3.8) is 0 Å². The number of benzene rings is 2.